The minimum Gasteiger partial charge on any atom is -0.383 e. The Kier molecular flexibility index (Phi) is 1.95. The molecule has 0 saturated carbocycles. The van der Waals surface area contributed by atoms with Gasteiger partial charge in [0.15, 0.2) is 5.82 Å². The normalized spacial score (nSPS) is 11.6. The molecule has 0 saturated heterocycles. The fourth-order valence-electron chi connectivity index (χ4n) is 1.20. The smallest absolute Gasteiger partial charge is 0.214 e. The zero-order valence-electron chi connectivity index (χ0n) is 7.69. The summed E-state index contributed by atoms with van der Waals surface area (Å²) in [5, 5.41) is 6.16. The van der Waals surface area contributed by atoms with Crippen molar-refractivity contribution in [3.8, 4) is 0 Å². The first-order valence-corrected chi connectivity index (χ1v) is 5.13. The molecule has 5 heteroatoms. The molecule has 0 aliphatic heterocycles. The molecule has 0 spiro atoms. The van der Waals surface area contributed by atoms with E-state index < -0.39 is 0 Å². The van der Waals surface area contributed by atoms with Crippen molar-refractivity contribution in [2.75, 3.05) is 5.73 Å². The van der Waals surface area contributed by atoms with Gasteiger partial charge in [-0.05, 0) is 5.92 Å². The summed E-state index contributed by atoms with van der Waals surface area (Å²) in [5.74, 6) is 2.13. The van der Waals surface area contributed by atoms with Gasteiger partial charge in [0.25, 0.3) is 0 Å². The molecule has 0 aliphatic carbocycles. The first-order valence-electron chi connectivity index (χ1n) is 4.25. The van der Waals surface area contributed by atoms with Crippen molar-refractivity contribution in [3.05, 3.63) is 11.2 Å². The van der Waals surface area contributed by atoms with Gasteiger partial charge in [0.05, 0.1) is 0 Å². The highest BCUT2D eigenvalue weighted by Gasteiger charge is 2.08. The van der Waals surface area contributed by atoms with Crippen molar-refractivity contribution in [2.45, 2.75) is 20.3 Å². The van der Waals surface area contributed by atoms with E-state index in [2.05, 4.69) is 23.9 Å². The van der Waals surface area contributed by atoms with Crippen molar-refractivity contribution in [2.24, 2.45) is 5.92 Å². The molecule has 0 atom stereocenters. The van der Waals surface area contributed by atoms with Crippen LogP contribution in [0.1, 0.15) is 19.7 Å². The van der Waals surface area contributed by atoms with Gasteiger partial charge in [-0.25, -0.2) is 4.98 Å². The summed E-state index contributed by atoms with van der Waals surface area (Å²) < 4.78 is 1.70. The summed E-state index contributed by atoms with van der Waals surface area (Å²) in [6.45, 7) is 4.30. The molecule has 70 valence electrons. The van der Waals surface area contributed by atoms with E-state index in [1.165, 1.54) is 11.3 Å². The van der Waals surface area contributed by atoms with Crippen LogP contribution in [-0.2, 0) is 6.42 Å². The predicted molar refractivity (Wildman–Crippen MR) is 53.8 cm³/mol. The lowest BCUT2D eigenvalue weighted by Crippen LogP contribution is -1.98. The second-order valence-electron chi connectivity index (χ2n) is 3.48. The molecule has 2 aromatic heterocycles. The van der Waals surface area contributed by atoms with E-state index in [1.54, 1.807) is 4.52 Å². The average molecular weight is 196 g/mol. The van der Waals surface area contributed by atoms with Crippen LogP contribution in [0.4, 0.5) is 5.82 Å². The zero-order chi connectivity index (χ0) is 9.42. The van der Waals surface area contributed by atoms with E-state index in [0.29, 0.717) is 11.7 Å². The number of nitrogens with zero attached hydrogens (tertiary/aromatic N) is 3. The Hall–Kier alpha value is -1.10. The number of anilines is 1. The second-order valence-corrected chi connectivity index (χ2v) is 4.32. The van der Waals surface area contributed by atoms with E-state index in [1.807, 2.05) is 5.38 Å². The van der Waals surface area contributed by atoms with Gasteiger partial charge in [0, 0.05) is 11.8 Å². The Bertz CT molecular complexity index is 415. The molecule has 0 radical (unpaired) electrons. The summed E-state index contributed by atoms with van der Waals surface area (Å²) in [7, 11) is 0. The number of hydrogen-bond donors (Lipinski definition) is 1. The lowest BCUT2D eigenvalue weighted by atomic mass is 10.1. The third kappa shape index (κ3) is 1.51. The van der Waals surface area contributed by atoms with Crippen molar-refractivity contribution >= 4 is 22.1 Å². The van der Waals surface area contributed by atoms with Gasteiger partial charge in [-0.3, -0.25) is 0 Å². The Morgan fingerprint density at radius 2 is 2.38 bits per heavy atom. The third-order valence-electron chi connectivity index (χ3n) is 1.74. The van der Waals surface area contributed by atoms with Gasteiger partial charge >= 0.3 is 0 Å². The van der Waals surface area contributed by atoms with Gasteiger partial charge in [-0.2, -0.15) is 4.52 Å². The van der Waals surface area contributed by atoms with Crippen LogP contribution in [0.15, 0.2) is 5.38 Å². The summed E-state index contributed by atoms with van der Waals surface area (Å²) in [5.41, 5.74) is 5.69. The lowest BCUT2D eigenvalue weighted by molar-refractivity contribution is 0.620. The van der Waals surface area contributed by atoms with Crippen LogP contribution in [-0.4, -0.2) is 14.6 Å². The maximum atomic E-state index is 5.69. The molecule has 0 fully saturated rings. The van der Waals surface area contributed by atoms with Crippen LogP contribution in [0.5, 0.6) is 0 Å². The van der Waals surface area contributed by atoms with Crippen LogP contribution in [0.25, 0.3) is 4.96 Å². The van der Waals surface area contributed by atoms with Gasteiger partial charge in [-0.1, -0.05) is 13.8 Å². The molecule has 2 aromatic rings. The monoisotopic (exact) mass is 196 g/mol. The number of fused-ring (bicyclic) bond motifs is 1. The highest BCUT2D eigenvalue weighted by molar-refractivity contribution is 7.15. The molecule has 0 amide bonds. The van der Waals surface area contributed by atoms with Gasteiger partial charge < -0.3 is 5.73 Å². The van der Waals surface area contributed by atoms with E-state index in [0.717, 1.165) is 17.2 Å². The Labute approximate surface area is 80.4 Å². The third-order valence-corrected chi connectivity index (χ3v) is 2.58. The largest absolute Gasteiger partial charge is 0.383 e. The van der Waals surface area contributed by atoms with Crippen LogP contribution in [0.2, 0.25) is 0 Å². The quantitative estimate of drug-likeness (QED) is 0.793. The van der Waals surface area contributed by atoms with E-state index >= 15 is 0 Å². The van der Waals surface area contributed by atoms with E-state index in [4.69, 9.17) is 5.73 Å². The molecule has 0 aromatic carbocycles. The van der Waals surface area contributed by atoms with Crippen LogP contribution in [0.3, 0.4) is 0 Å². The molecule has 2 rings (SSSR count). The van der Waals surface area contributed by atoms with Gasteiger partial charge in [0.2, 0.25) is 4.96 Å². The maximum absolute atomic E-state index is 5.69. The topological polar surface area (TPSA) is 56.2 Å². The summed E-state index contributed by atoms with van der Waals surface area (Å²) >= 11 is 1.53. The number of rotatable bonds is 2. The molecule has 2 N–H and O–H groups in total. The second kappa shape index (κ2) is 2.99. The fraction of sp³-hybridized carbons (Fsp3) is 0.500. The minimum absolute atomic E-state index is 0.582. The van der Waals surface area contributed by atoms with Gasteiger partial charge in [-0.15, -0.1) is 16.4 Å². The standard InChI is InChI=1S/C8H12N4S/c1-5(2)3-7-10-8-12(11-7)6(9)4-13-8/h4-5H,3,9H2,1-2H3. The molecule has 13 heavy (non-hydrogen) atoms. The van der Waals surface area contributed by atoms with Crippen molar-refractivity contribution in [1.82, 2.24) is 14.6 Å². The first-order chi connectivity index (χ1) is 6.16. The number of hydrogen-bond acceptors (Lipinski definition) is 4. The van der Waals surface area contributed by atoms with Crippen LogP contribution >= 0.6 is 11.3 Å². The number of nitrogen functional groups attached to an aromatic ring is 1. The minimum atomic E-state index is 0.582. The molecule has 2 heterocycles. The fourth-order valence-corrected chi connectivity index (χ4v) is 1.93. The van der Waals surface area contributed by atoms with E-state index in [-0.39, 0.29) is 0 Å². The van der Waals surface area contributed by atoms with Crippen molar-refractivity contribution in [1.29, 1.82) is 0 Å². The summed E-state index contributed by atoms with van der Waals surface area (Å²) in [4.78, 5) is 5.25. The molecular weight excluding hydrogens is 184 g/mol. The van der Waals surface area contributed by atoms with E-state index in [9.17, 15) is 0 Å². The van der Waals surface area contributed by atoms with Crippen LogP contribution in [0, 0.1) is 5.92 Å². The maximum Gasteiger partial charge on any atom is 0.214 e. The molecule has 0 aliphatic rings. The molecule has 0 unspecified atom stereocenters. The average Bonchev–Trinajstić information content (AvgIpc) is 2.53. The number of thiazole rings is 1. The van der Waals surface area contributed by atoms with Crippen molar-refractivity contribution in [3.63, 3.8) is 0 Å². The summed E-state index contributed by atoms with van der Waals surface area (Å²) in [6.07, 6.45) is 0.911. The zero-order valence-corrected chi connectivity index (χ0v) is 8.51. The van der Waals surface area contributed by atoms with Crippen molar-refractivity contribution < 1.29 is 0 Å². The van der Waals surface area contributed by atoms with Gasteiger partial charge in [0.1, 0.15) is 5.82 Å². The summed E-state index contributed by atoms with van der Waals surface area (Å²) in [6, 6.07) is 0. The highest BCUT2D eigenvalue weighted by Crippen LogP contribution is 2.16. The first kappa shape index (κ1) is 8.50. The lowest BCUT2D eigenvalue weighted by Gasteiger charge is -1.96. The Morgan fingerprint density at radius 3 is 3.00 bits per heavy atom. The number of nitrogens with two attached hydrogens (primary N) is 1. The molecule has 4 nitrogen and oxygen atoms in total. The highest BCUT2D eigenvalue weighted by atomic mass is 32.1. The molecule has 0 bridgehead atoms. The number of aromatic nitrogens is 3. The Morgan fingerprint density at radius 1 is 1.62 bits per heavy atom. The Balaban J connectivity index is 2.39. The SMILES string of the molecule is CC(C)Cc1nc2scc(N)n2n1. The van der Waals surface area contributed by atoms with Crippen LogP contribution < -0.4 is 5.73 Å². The predicted octanol–water partition coefficient (Wildman–Crippen LogP) is 1.57. The molecular formula is C8H12N4S.